The van der Waals surface area contributed by atoms with Crippen molar-refractivity contribution in [1.29, 1.82) is 0 Å². The molecule has 1 N–H and O–H groups in total. The number of piperidine rings is 1. The number of rotatable bonds is 5. The molecule has 1 saturated heterocycles. The van der Waals surface area contributed by atoms with Crippen molar-refractivity contribution in [2.45, 2.75) is 32.9 Å². The summed E-state index contributed by atoms with van der Waals surface area (Å²) in [5.41, 5.74) is 3.31. The first kappa shape index (κ1) is 17.6. The number of nitrogens with zero attached hydrogens (tertiary/aromatic N) is 1. The minimum atomic E-state index is -0.206. The van der Waals surface area contributed by atoms with E-state index in [1.807, 2.05) is 24.3 Å². The Hall–Kier alpha value is -2.20. The fraction of sp³-hybridized carbons (Fsp3) is 0.381. The molecule has 0 aliphatic carbocycles. The molecule has 4 heteroatoms. The number of aryl methyl sites for hydroxylation is 1. The molecule has 3 rings (SSSR count). The minimum Gasteiger partial charge on any atom is -0.352 e. The molecule has 0 spiro atoms. The van der Waals surface area contributed by atoms with Crippen LogP contribution in [0.15, 0.2) is 48.5 Å². The zero-order chi connectivity index (χ0) is 17.6. The van der Waals surface area contributed by atoms with Gasteiger partial charge in [-0.3, -0.25) is 9.69 Å². The summed E-state index contributed by atoms with van der Waals surface area (Å²) in [6.07, 6.45) is 1.91. The van der Waals surface area contributed by atoms with Crippen LogP contribution in [0.2, 0.25) is 0 Å². The van der Waals surface area contributed by atoms with Crippen LogP contribution in [-0.2, 0) is 17.9 Å². The monoisotopic (exact) mass is 340 g/mol. The van der Waals surface area contributed by atoms with Crippen LogP contribution in [0, 0.1) is 18.7 Å². The first-order valence-electron chi connectivity index (χ1n) is 8.91. The lowest BCUT2D eigenvalue weighted by Crippen LogP contribution is -2.42. The van der Waals surface area contributed by atoms with E-state index in [1.54, 1.807) is 12.1 Å². The van der Waals surface area contributed by atoms with Crippen LogP contribution < -0.4 is 5.32 Å². The topological polar surface area (TPSA) is 32.3 Å². The first-order chi connectivity index (χ1) is 12.1. The highest BCUT2D eigenvalue weighted by atomic mass is 19.1. The zero-order valence-electron chi connectivity index (χ0n) is 14.7. The second kappa shape index (κ2) is 8.26. The molecule has 0 aromatic heterocycles. The van der Waals surface area contributed by atoms with E-state index in [9.17, 15) is 9.18 Å². The molecule has 1 amide bonds. The van der Waals surface area contributed by atoms with Crippen molar-refractivity contribution in [3.63, 3.8) is 0 Å². The van der Waals surface area contributed by atoms with Gasteiger partial charge in [0, 0.05) is 19.6 Å². The SMILES string of the molecule is Cc1ccccc1CNC(=O)C1CCCN(Cc2cccc(F)c2)C1. The lowest BCUT2D eigenvalue weighted by Gasteiger charge is -2.32. The first-order valence-corrected chi connectivity index (χ1v) is 8.91. The number of halogens is 1. The molecule has 0 bridgehead atoms. The van der Waals surface area contributed by atoms with Crippen LogP contribution in [0.4, 0.5) is 4.39 Å². The maximum Gasteiger partial charge on any atom is 0.224 e. The molecule has 3 nitrogen and oxygen atoms in total. The van der Waals surface area contributed by atoms with Crippen LogP contribution in [0.3, 0.4) is 0 Å². The predicted octanol–water partition coefficient (Wildman–Crippen LogP) is 3.66. The number of carbonyl (C=O) groups is 1. The summed E-state index contributed by atoms with van der Waals surface area (Å²) in [5, 5.41) is 3.08. The summed E-state index contributed by atoms with van der Waals surface area (Å²) >= 11 is 0. The summed E-state index contributed by atoms with van der Waals surface area (Å²) < 4.78 is 13.3. The fourth-order valence-electron chi connectivity index (χ4n) is 3.44. The third-order valence-corrected chi connectivity index (χ3v) is 4.89. The van der Waals surface area contributed by atoms with Crippen molar-refractivity contribution in [3.05, 3.63) is 71.0 Å². The fourth-order valence-corrected chi connectivity index (χ4v) is 3.44. The molecule has 0 radical (unpaired) electrons. The van der Waals surface area contributed by atoms with Crippen molar-refractivity contribution >= 4 is 5.91 Å². The third kappa shape index (κ3) is 4.89. The number of nitrogens with one attached hydrogen (secondary N) is 1. The van der Waals surface area contributed by atoms with Crippen molar-refractivity contribution < 1.29 is 9.18 Å². The molecule has 1 unspecified atom stereocenters. The second-order valence-electron chi connectivity index (χ2n) is 6.85. The molecule has 1 aliphatic heterocycles. The zero-order valence-corrected chi connectivity index (χ0v) is 14.7. The molecule has 1 heterocycles. The predicted molar refractivity (Wildman–Crippen MR) is 97.4 cm³/mol. The van der Waals surface area contributed by atoms with Gasteiger partial charge >= 0.3 is 0 Å². The van der Waals surface area contributed by atoms with E-state index in [1.165, 1.54) is 11.6 Å². The van der Waals surface area contributed by atoms with E-state index in [0.29, 0.717) is 13.1 Å². The quantitative estimate of drug-likeness (QED) is 0.901. The Morgan fingerprint density at radius 1 is 1.24 bits per heavy atom. The maximum absolute atomic E-state index is 13.3. The van der Waals surface area contributed by atoms with Crippen LogP contribution in [0.1, 0.15) is 29.5 Å². The average molecular weight is 340 g/mol. The minimum absolute atomic E-state index is 0.00586. The Labute approximate surface area is 148 Å². The van der Waals surface area contributed by atoms with Gasteiger partial charge in [-0.15, -0.1) is 0 Å². The summed E-state index contributed by atoms with van der Waals surface area (Å²) in [6, 6.07) is 14.8. The lowest BCUT2D eigenvalue weighted by molar-refractivity contribution is -0.126. The van der Waals surface area contributed by atoms with Gasteiger partial charge in [0.25, 0.3) is 0 Å². The van der Waals surface area contributed by atoms with Gasteiger partial charge in [0.2, 0.25) is 5.91 Å². The van der Waals surface area contributed by atoms with Crippen molar-refractivity contribution in [2.75, 3.05) is 13.1 Å². The van der Waals surface area contributed by atoms with Gasteiger partial charge < -0.3 is 5.32 Å². The molecule has 1 fully saturated rings. The normalized spacial score (nSPS) is 18.1. The maximum atomic E-state index is 13.3. The highest BCUT2D eigenvalue weighted by Crippen LogP contribution is 2.19. The van der Waals surface area contributed by atoms with E-state index in [0.717, 1.165) is 37.1 Å². The van der Waals surface area contributed by atoms with Crippen LogP contribution >= 0.6 is 0 Å². The number of carbonyl (C=O) groups excluding carboxylic acids is 1. The van der Waals surface area contributed by atoms with Gasteiger partial charge in [-0.1, -0.05) is 36.4 Å². The Morgan fingerprint density at radius 3 is 2.88 bits per heavy atom. The Morgan fingerprint density at radius 2 is 2.08 bits per heavy atom. The lowest BCUT2D eigenvalue weighted by atomic mass is 9.96. The van der Waals surface area contributed by atoms with Crippen LogP contribution in [-0.4, -0.2) is 23.9 Å². The molecule has 1 aliphatic rings. The van der Waals surface area contributed by atoms with E-state index < -0.39 is 0 Å². The number of benzene rings is 2. The summed E-state index contributed by atoms with van der Waals surface area (Å²) in [5.74, 6) is -0.0828. The van der Waals surface area contributed by atoms with Gasteiger partial charge in [-0.05, 0) is 55.1 Å². The molecule has 0 saturated carbocycles. The molecule has 2 aromatic carbocycles. The highest BCUT2D eigenvalue weighted by Gasteiger charge is 2.25. The molecule has 132 valence electrons. The Balaban J connectivity index is 1.53. The van der Waals surface area contributed by atoms with Gasteiger partial charge in [-0.25, -0.2) is 4.39 Å². The van der Waals surface area contributed by atoms with E-state index in [-0.39, 0.29) is 17.6 Å². The van der Waals surface area contributed by atoms with Crippen molar-refractivity contribution in [1.82, 2.24) is 10.2 Å². The smallest absolute Gasteiger partial charge is 0.224 e. The summed E-state index contributed by atoms with van der Waals surface area (Å²) in [4.78, 5) is 14.8. The van der Waals surface area contributed by atoms with Crippen molar-refractivity contribution in [3.8, 4) is 0 Å². The molecule has 2 aromatic rings. The molecular weight excluding hydrogens is 315 g/mol. The second-order valence-corrected chi connectivity index (χ2v) is 6.85. The molecule has 1 atom stereocenters. The molecular formula is C21H25FN2O. The van der Waals surface area contributed by atoms with Crippen LogP contribution in [0.25, 0.3) is 0 Å². The van der Waals surface area contributed by atoms with E-state index in [4.69, 9.17) is 0 Å². The van der Waals surface area contributed by atoms with Gasteiger partial charge in [0.1, 0.15) is 5.82 Å². The summed E-state index contributed by atoms with van der Waals surface area (Å²) in [6.45, 7) is 5.02. The number of hydrogen-bond acceptors (Lipinski definition) is 2. The Bertz CT molecular complexity index is 731. The molecule has 25 heavy (non-hydrogen) atoms. The number of hydrogen-bond donors (Lipinski definition) is 1. The number of likely N-dealkylation sites (tertiary alicyclic amines) is 1. The number of amides is 1. The summed E-state index contributed by atoms with van der Waals surface area (Å²) in [7, 11) is 0. The van der Waals surface area contributed by atoms with Crippen molar-refractivity contribution in [2.24, 2.45) is 5.92 Å². The third-order valence-electron chi connectivity index (χ3n) is 4.89. The van der Waals surface area contributed by atoms with Gasteiger partial charge in [0.15, 0.2) is 0 Å². The van der Waals surface area contributed by atoms with E-state index in [2.05, 4.69) is 23.2 Å². The van der Waals surface area contributed by atoms with Gasteiger partial charge in [-0.2, -0.15) is 0 Å². The largest absolute Gasteiger partial charge is 0.352 e. The van der Waals surface area contributed by atoms with Gasteiger partial charge in [0.05, 0.1) is 5.92 Å². The van der Waals surface area contributed by atoms with E-state index >= 15 is 0 Å². The standard InChI is InChI=1S/C21H25FN2O/c1-16-6-2-3-8-18(16)13-23-21(25)19-9-5-11-24(15-19)14-17-7-4-10-20(22)12-17/h2-4,6-8,10,12,19H,5,9,11,13-15H2,1H3,(H,23,25). The highest BCUT2D eigenvalue weighted by molar-refractivity contribution is 5.79. The average Bonchev–Trinajstić information content (AvgIpc) is 2.61. The Kier molecular flexibility index (Phi) is 5.82. The van der Waals surface area contributed by atoms with Crippen LogP contribution in [0.5, 0.6) is 0 Å².